The summed E-state index contributed by atoms with van der Waals surface area (Å²) < 4.78 is 2.33. The van der Waals surface area contributed by atoms with Crippen LogP contribution in [0.3, 0.4) is 0 Å². The zero-order valence-corrected chi connectivity index (χ0v) is 10.0. The average Bonchev–Trinajstić information content (AvgIpc) is 2.83. The molecule has 3 nitrogen and oxygen atoms in total. The lowest BCUT2D eigenvalue weighted by molar-refractivity contribution is 0.522. The van der Waals surface area contributed by atoms with Crippen molar-refractivity contribution in [3.8, 4) is 0 Å². The van der Waals surface area contributed by atoms with Gasteiger partial charge in [0.1, 0.15) is 5.65 Å². The van der Waals surface area contributed by atoms with Gasteiger partial charge in [-0.05, 0) is 37.4 Å². The number of rotatable bonds is 1. The van der Waals surface area contributed by atoms with Gasteiger partial charge in [0.2, 0.25) is 5.28 Å². The molecule has 0 saturated heterocycles. The van der Waals surface area contributed by atoms with Gasteiger partial charge in [0.05, 0.1) is 0 Å². The van der Waals surface area contributed by atoms with Crippen molar-refractivity contribution >= 4 is 22.6 Å². The Hall–Kier alpha value is -1.09. The Morgan fingerprint density at radius 2 is 2.12 bits per heavy atom. The Kier molecular flexibility index (Phi) is 2.36. The second kappa shape index (κ2) is 3.74. The maximum atomic E-state index is 5.87. The third-order valence-corrected chi connectivity index (χ3v) is 3.61. The molecule has 1 saturated carbocycles. The van der Waals surface area contributed by atoms with Gasteiger partial charge >= 0.3 is 0 Å². The molecule has 1 fully saturated rings. The largest absolute Gasteiger partial charge is 0.327 e. The summed E-state index contributed by atoms with van der Waals surface area (Å²) >= 11 is 5.87. The van der Waals surface area contributed by atoms with Gasteiger partial charge in [-0.15, -0.1) is 0 Å². The van der Waals surface area contributed by atoms with Crippen molar-refractivity contribution in [3.05, 3.63) is 23.2 Å². The van der Waals surface area contributed by atoms with Crippen LogP contribution in [-0.2, 0) is 0 Å². The standard InChI is InChI=1S/C12H14ClN3/c1-8-6-9-7-14-12(13)15-11(9)16(8)10-4-2-3-5-10/h6-7,10H,2-5H2,1H3. The van der Waals surface area contributed by atoms with E-state index in [1.165, 1.54) is 31.4 Å². The van der Waals surface area contributed by atoms with Crippen molar-refractivity contribution < 1.29 is 0 Å². The number of hydrogen-bond acceptors (Lipinski definition) is 2. The van der Waals surface area contributed by atoms with E-state index < -0.39 is 0 Å². The topological polar surface area (TPSA) is 30.7 Å². The van der Waals surface area contributed by atoms with Crippen LogP contribution in [0.2, 0.25) is 5.28 Å². The second-order valence-electron chi connectivity index (χ2n) is 4.51. The van der Waals surface area contributed by atoms with E-state index in [9.17, 15) is 0 Å². The minimum Gasteiger partial charge on any atom is -0.327 e. The van der Waals surface area contributed by atoms with E-state index in [1.807, 2.05) is 6.20 Å². The van der Waals surface area contributed by atoms with Crippen molar-refractivity contribution in [2.75, 3.05) is 0 Å². The summed E-state index contributed by atoms with van der Waals surface area (Å²) in [6.45, 7) is 2.13. The lowest BCUT2D eigenvalue weighted by atomic mass is 10.2. The molecule has 3 rings (SSSR count). The van der Waals surface area contributed by atoms with Gasteiger partial charge in [-0.2, -0.15) is 4.98 Å². The molecular weight excluding hydrogens is 222 g/mol. The highest BCUT2D eigenvalue weighted by Crippen LogP contribution is 2.33. The van der Waals surface area contributed by atoms with Gasteiger partial charge in [0.25, 0.3) is 0 Å². The van der Waals surface area contributed by atoms with E-state index >= 15 is 0 Å². The van der Waals surface area contributed by atoms with Gasteiger partial charge in [-0.1, -0.05) is 12.8 Å². The monoisotopic (exact) mass is 235 g/mol. The van der Waals surface area contributed by atoms with Crippen LogP contribution >= 0.6 is 11.6 Å². The number of nitrogens with zero attached hydrogens (tertiary/aromatic N) is 3. The fourth-order valence-electron chi connectivity index (χ4n) is 2.74. The quantitative estimate of drug-likeness (QED) is 0.709. The first-order valence-electron chi connectivity index (χ1n) is 5.76. The van der Waals surface area contributed by atoms with E-state index in [0.717, 1.165) is 11.0 Å². The summed E-state index contributed by atoms with van der Waals surface area (Å²) in [5.74, 6) is 0. The fourth-order valence-corrected chi connectivity index (χ4v) is 2.87. The molecule has 0 aliphatic heterocycles. The first-order chi connectivity index (χ1) is 7.75. The van der Waals surface area contributed by atoms with Crippen molar-refractivity contribution in [1.29, 1.82) is 0 Å². The molecule has 0 N–H and O–H groups in total. The SMILES string of the molecule is Cc1cc2cnc(Cl)nc2n1C1CCCC1. The van der Waals surface area contributed by atoms with Crippen LogP contribution in [0.1, 0.15) is 37.4 Å². The van der Waals surface area contributed by atoms with E-state index in [-0.39, 0.29) is 0 Å². The predicted molar refractivity (Wildman–Crippen MR) is 64.8 cm³/mol. The predicted octanol–water partition coefficient (Wildman–Crippen LogP) is 3.51. The molecule has 16 heavy (non-hydrogen) atoms. The van der Waals surface area contributed by atoms with Crippen molar-refractivity contribution in [2.45, 2.75) is 38.6 Å². The number of aromatic nitrogens is 3. The molecule has 1 aliphatic rings. The van der Waals surface area contributed by atoms with Gasteiger partial charge < -0.3 is 4.57 Å². The first kappa shape index (κ1) is 10.1. The van der Waals surface area contributed by atoms with Crippen LogP contribution in [0.25, 0.3) is 11.0 Å². The molecule has 0 aromatic carbocycles. The van der Waals surface area contributed by atoms with Crippen LogP contribution in [0.5, 0.6) is 0 Å². The van der Waals surface area contributed by atoms with E-state index in [4.69, 9.17) is 11.6 Å². The Labute approximate surface area is 99.5 Å². The molecule has 0 radical (unpaired) electrons. The Morgan fingerprint density at radius 1 is 1.38 bits per heavy atom. The summed E-state index contributed by atoms with van der Waals surface area (Å²) in [4.78, 5) is 8.39. The van der Waals surface area contributed by atoms with Crippen LogP contribution in [-0.4, -0.2) is 14.5 Å². The Balaban J connectivity index is 2.20. The zero-order chi connectivity index (χ0) is 11.1. The Bertz CT molecular complexity index is 526. The molecule has 1 aliphatic carbocycles. The van der Waals surface area contributed by atoms with E-state index in [0.29, 0.717) is 11.3 Å². The molecule has 4 heteroatoms. The van der Waals surface area contributed by atoms with Gasteiger partial charge in [0, 0.05) is 23.3 Å². The lowest BCUT2D eigenvalue weighted by Gasteiger charge is -2.15. The zero-order valence-electron chi connectivity index (χ0n) is 9.28. The molecular formula is C12H14ClN3. The molecule has 0 atom stereocenters. The second-order valence-corrected chi connectivity index (χ2v) is 4.85. The summed E-state index contributed by atoms with van der Waals surface area (Å²) in [7, 11) is 0. The summed E-state index contributed by atoms with van der Waals surface area (Å²) in [5.41, 5.74) is 2.25. The normalized spacial score (nSPS) is 17.4. The highest BCUT2D eigenvalue weighted by Gasteiger charge is 2.20. The van der Waals surface area contributed by atoms with Crippen LogP contribution in [0.15, 0.2) is 12.3 Å². The maximum absolute atomic E-state index is 5.87. The van der Waals surface area contributed by atoms with Gasteiger partial charge in [-0.3, -0.25) is 0 Å². The summed E-state index contributed by atoms with van der Waals surface area (Å²) in [6.07, 6.45) is 6.97. The molecule has 2 aromatic heterocycles. The molecule has 0 bridgehead atoms. The van der Waals surface area contributed by atoms with Crippen LogP contribution < -0.4 is 0 Å². The first-order valence-corrected chi connectivity index (χ1v) is 6.13. The maximum Gasteiger partial charge on any atom is 0.224 e. The smallest absolute Gasteiger partial charge is 0.224 e. The van der Waals surface area contributed by atoms with Crippen molar-refractivity contribution in [1.82, 2.24) is 14.5 Å². The van der Waals surface area contributed by atoms with Crippen molar-refractivity contribution in [3.63, 3.8) is 0 Å². The number of halogens is 1. The Morgan fingerprint density at radius 3 is 2.88 bits per heavy atom. The highest BCUT2D eigenvalue weighted by molar-refractivity contribution is 6.28. The minimum atomic E-state index is 0.338. The van der Waals surface area contributed by atoms with Gasteiger partial charge in [-0.25, -0.2) is 4.98 Å². The number of aryl methyl sites for hydroxylation is 1. The molecule has 0 spiro atoms. The minimum absolute atomic E-state index is 0.338. The molecule has 2 heterocycles. The number of hydrogen-bond donors (Lipinski definition) is 0. The van der Waals surface area contributed by atoms with Crippen LogP contribution in [0, 0.1) is 6.92 Å². The molecule has 0 unspecified atom stereocenters. The number of fused-ring (bicyclic) bond motifs is 1. The van der Waals surface area contributed by atoms with Crippen molar-refractivity contribution in [2.24, 2.45) is 0 Å². The highest BCUT2D eigenvalue weighted by atomic mass is 35.5. The summed E-state index contributed by atoms with van der Waals surface area (Å²) in [6, 6.07) is 2.74. The average molecular weight is 236 g/mol. The molecule has 84 valence electrons. The molecule has 0 amide bonds. The third-order valence-electron chi connectivity index (χ3n) is 3.43. The fraction of sp³-hybridized carbons (Fsp3) is 0.500. The van der Waals surface area contributed by atoms with E-state index in [1.54, 1.807) is 0 Å². The van der Waals surface area contributed by atoms with Gasteiger partial charge in [0.15, 0.2) is 0 Å². The van der Waals surface area contributed by atoms with Crippen LogP contribution in [0.4, 0.5) is 0 Å². The third kappa shape index (κ3) is 1.50. The molecule has 2 aromatic rings. The summed E-state index contributed by atoms with van der Waals surface area (Å²) in [5, 5.41) is 1.43. The van der Waals surface area contributed by atoms with E-state index in [2.05, 4.69) is 27.5 Å². The lowest BCUT2D eigenvalue weighted by Crippen LogP contribution is -2.07.